The number of rotatable bonds is 6. The fraction of sp³-hybridized carbons (Fsp3) is 0.0455. The fourth-order valence-corrected chi connectivity index (χ4v) is 3.12. The average Bonchev–Trinajstić information content (AvgIpc) is 2.71. The highest BCUT2D eigenvalue weighted by Crippen LogP contribution is 2.23. The van der Waals surface area contributed by atoms with Gasteiger partial charge in [-0.05, 0) is 54.1 Å². The summed E-state index contributed by atoms with van der Waals surface area (Å²) in [6, 6.07) is 14.2. The summed E-state index contributed by atoms with van der Waals surface area (Å²) in [5.74, 6) is -1.41. The van der Waals surface area contributed by atoms with Crippen LogP contribution in [0.1, 0.15) is 17.3 Å². The van der Waals surface area contributed by atoms with Gasteiger partial charge in [0.05, 0.1) is 5.69 Å². The second-order valence-electron chi connectivity index (χ2n) is 6.23. The van der Waals surface area contributed by atoms with E-state index in [1.165, 1.54) is 60.8 Å². The molecule has 2 aromatic carbocycles. The van der Waals surface area contributed by atoms with Gasteiger partial charge in [0.15, 0.2) is 6.04 Å². The minimum atomic E-state index is -1.06. The number of carbonyl (C=O) groups excluding carboxylic acids is 2. The molecule has 1 heterocycles. The predicted octanol–water partition coefficient (Wildman–Crippen LogP) is 5.04. The second kappa shape index (κ2) is 10.0. The van der Waals surface area contributed by atoms with Gasteiger partial charge in [-0.2, -0.15) is 0 Å². The summed E-state index contributed by atoms with van der Waals surface area (Å²) >= 11 is 11.9. The summed E-state index contributed by atoms with van der Waals surface area (Å²) in [5.41, 5.74) is 1.38. The van der Waals surface area contributed by atoms with Crippen LogP contribution in [0.25, 0.3) is 6.08 Å². The largest absolute Gasteiger partial charge is 0.336 e. The number of amides is 2. The molecule has 0 spiro atoms. The maximum Gasteiger partial charge on any atom is 0.253 e. The maximum atomic E-state index is 13.0. The number of aromatic nitrogens is 1. The van der Waals surface area contributed by atoms with Gasteiger partial charge >= 0.3 is 0 Å². The van der Waals surface area contributed by atoms with Crippen LogP contribution < -0.4 is 10.6 Å². The topological polar surface area (TPSA) is 71.1 Å². The molecule has 30 heavy (non-hydrogen) atoms. The normalized spacial score (nSPS) is 11.8. The summed E-state index contributed by atoms with van der Waals surface area (Å²) in [6.07, 6.45) is 4.29. The van der Waals surface area contributed by atoms with Crippen molar-refractivity contribution in [3.63, 3.8) is 0 Å². The van der Waals surface area contributed by atoms with Gasteiger partial charge in [0.25, 0.3) is 5.91 Å². The van der Waals surface area contributed by atoms with Crippen LogP contribution in [0.2, 0.25) is 10.0 Å². The Balaban J connectivity index is 1.77. The standard InChI is InChI=1S/C22H16Cl2FN3O2/c23-15-11-16(24)13-18(12-15)27-22(30)21(19-3-1-2-10-26-19)28-20(29)9-6-14-4-7-17(25)8-5-14/h1-13,21H,(H,27,30)(H,28,29). The van der Waals surface area contributed by atoms with Gasteiger partial charge in [-0.1, -0.05) is 41.4 Å². The van der Waals surface area contributed by atoms with E-state index >= 15 is 0 Å². The van der Waals surface area contributed by atoms with Crippen LogP contribution >= 0.6 is 23.2 Å². The summed E-state index contributed by atoms with van der Waals surface area (Å²) in [6.45, 7) is 0. The summed E-state index contributed by atoms with van der Waals surface area (Å²) in [7, 11) is 0. The van der Waals surface area contributed by atoms with Crippen LogP contribution in [0.3, 0.4) is 0 Å². The maximum absolute atomic E-state index is 13.0. The van der Waals surface area contributed by atoms with Crippen LogP contribution in [0.15, 0.2) is 72.9 Å². The van der Waals surface area contributed by atoms with E-state index in [4.69, 9.17) is 23.2 Å². The van der Waals surface area contributed by atoms with Crippen LogP contribution in [-0.4, -0.2) is 16.8 Å². The molecule has 0 saturated carbocycles. The number of nitrogens with zero attached hydrogens (tertiary/aromatic N) is 1. The van der Waals surface area contributed by atoms with E-state index in [-0.39, 0.29) is 5.82 Å². The minimum absolute atomic E-state index is 0.353. The number of pyridine rings is 1. The highest BCUT2D eigenvalue weighted by molar-refractivity contribution is 6.35. The molecule has 0 radical (unpaired) electrons. The number of hydrogen-bond donors (Lipinski definition) is 2. The van der Waals surface area contributed by atoms with Gasteiger partial charge in [0.2, 0.25) is 5.91 Å². The van der Waals surface area contributed by atoms with Crippen molar-refractivity contribution in [3.8, 4) is 0 Å². The summed E-state index contributed by atoms with van der Waals surface area (Å²) in [4.78, 5) is 29.4. The van der Waals surface area contributed by atoms with Crippen molar-refractivity contribution in [3.05, 3.63) is 100 Å². The van der Waals surface area contributed by atoms with E-state index in [0.717, 1.165) is 0 Å². The van der Waals surface area contributed by atoms with Crippen LogP contribution in [-0.2, 0) is 9.59 Å². The third kappa shape index (κ3) is 6.14. The SMILES string of the molecule is O=C(C=Cc1ccc(F)cc1)NC(C(=O)Nc1cc(Cl)cc(Cl)c1)c1ccccn1. The highest BCUT2D eigenvalue weighted by Gasteiger charge is 2.23. The summed E-state index contributed by atoms with van der Waals surface area (Å²) < 4.78 is 13.0. The lowest BCUT2D eigenvalue weighted by molar-refractivity contribution is -0.124. The van der Waals surface area contributed by atoms with E-state index in [2.05, 4.69) is 15.6 Å². The first-order valence-corrected chi connectivity index (χ1v) is 9.58. The first-order valence-electron chi connectivity index (χ1n) is 8.83. The second-order valence-corrected chi connectivity index (χ2v) is 7.10. The Hall–Kier alpha value is -3.22. The number of hydrogen-bond acceptors (Lipinski definition) is 3. The highest BCUT2D eigenvalue weighted by atomic mass is 35.5. The zero-order valence-corrected chi connectivity index (χ0v) is 17.0. The van der Waals surface area contributed by atoms with E-state index in [1.54, 1.807) is 18.2 Å². The number of anilines is 1. The molecule has 3 aromatic rings. The van der Waals surface area contributed by atoms with Crippen molar-refractivity contribution in [2.45, 2.75) is 6.04 Å². The zero-order valence-electron chi connectivity index (χ0n) is 15.5. The third-order valence-corrected chi connectivity index (χ3v) is 4.40. The molecule has 8 heteroatoms. The van der Waals surface area contributed by atoms with E-state index in [9.17, 15) is 14.0 Å². The van der Waals surface area contributed by atoms with Crippen molar-refractivity contribution in [1.82, 2.24) is 10.3 Å². The van der Waals surface area contributed by atoms with Crippen LogP contribution in [0.4, 0.5) is 10.1 Å². The lowest BCUT2D eigenvalue weighted by Gasteiger charge is -2.17. The van der Waals surface area contributed by atoms with Gasteiger partial charge in [-0.15, -0.1) is 0 Å². The molecule has 0 saturated heterocycles. The Morgan fingerprint density at radius 1 is 1.00 bits per heavy atom. The molecule has 3 rings (SSSR count). The first kappa shape index (κ1) is 21.5. The van der Waals surface area contributed by atoms with Crippen LogP contribution in [0, 0.1) is 5.82 Å². The monoisotopic (exact) mass is 443 g/mol. The van der Waals surface area contributed by atoms with E-state index < -0.39 is 17.9 Å². The Labute approximate surface area is 182 Å². The third-order valence-electron chi connectivity index (χ3n) is 3.96. The molecular weight excluding hydrogens is 428 g/mol. The van der Waals surface area contributed by atoms with Crippen molar-refractivity contribution >= 4 is 46.8 Å². The molecule has 0 aliphatic heterocycles. The van der Waals surface area contributed by atoms with E-state index in [0.29, 0.717) is 27.0 Å². The van der Waals surface area contributed by atoms with E-state index in [1.807, 2.05) is 0 Å². The number of nitrogens with one attached hydrogen (secondary N) is 2. The smallest absolute Gasteiger partial charge is 0.253 e. The number of benzene rings is 2. The van der Waals surface area contributed by atoms with Crippen molar-refractivity contribution in [2.24, 2.45) is 0 Å². The van der Waals surface area contributed by atoms with Gasteiger partial charge in [-0.25, -0.2) is 4.39 Å². The molecule has 0 aliphatic carbocycles. The lowest BCUT2D eigenvalue weighted by Crippen LogP contribution is -2.36. The molecule has 2 amide bonds. The zero-order chi connectivity index (χ0) is 21.5. The molecule has 2 N–H and O–H groups in total. The summed E-state index contributed by atoms with van der Waals surface area (Å²) in [5, 5.41) is 6.02. The molecular formula is C22H16Cl2FN3O2. The molecule has 1 atom stereocenters. The van der Waals surface area contributed by atoms with Crippen molar-refractivity contribution in [1.29, 1.82) is 0 Å². The van der Waals surface area contributed by atoms with Crippen molar-refractivity contribution in [2.75, 3.05) is 5.32 Å². The minimum Gasteiger partial charge on any atom is -0.336 e. The quantitative estimate of drug-likeness (QED) is 0.524. The van der Waals surface area contributed by atoms with Gasteiger partial charge < -0.3 is 10.6 Å². The molecule has 152 valence electrons. The Morgan fingerprint density at radius 2 is 1.70 bits per heavy atom. The predicted molar refractivity (Wildman–Crippen MR) is 116 cm³/mol. The number of halogens is 3. The van der Waals surface area contributed by atoms with Crippen molar-refractivity contribution < 1.29 is 14.0 Å². The molecule has 0 bridgehead atoms. The molecule has 0 fully saturated rings. The molecule has 1 unspecified atom stereocenters. The Morgan fingerprint density at radius 3 is 2.33 bits per heavy atom. The van der Waals surface area contributed by atoms with Gasteiger partial charge in [-0.3, -0.25) is 14.6 Å². The van der Waals surface area contributed by atoms with Gasteiger partial charge in [0.1, 0.15) is 5.82 Å². The van der Waals surface area contributed by atoms with Crippen LogP contribution in [0.5, 0.6) is 0 Å². The molecule has 5 nitrogen and oxygen atoms in total. The fourth-order valence-electron chi connectivity index (χ4n) is 2.60. The van der Waals surface area contributed by atoms with Gasteiger partial charge in [0, 0.05) is 28.0 Å². The first-order chi connectivity index (χ1) is 14.4. The Bertz CT molecular complexity index is 1050. The average molecular weight is 444 g/mol. The Kier molecular flexibility index (Phi) is 7.17. The lowest BCUT2D eigenvalue weighted by atomic mass is 10.1. The number of carbonyl (C=O) groups is 2. The molecule has 0 aliphatic rings. The molecule has 1 aromatic heterocycles.